The number of aromatic nitrogens is 3. The summed E-state index contributed by atoms with van der Waals surface area (Å²) < 4.78 is 18.3. The van der Waals surface area contributed by atoms with E-state index in [0.29, 0.717) is 13.0 Å². The second-order valence-electron chi connectivity index (χ2n) is 6.50. The van der Waals surface area contributed by atoms with Crippen LogP contribution < -0.4 is 5.32 Å². The quantitative estimate of drug-likeness (QED) is 0.664. The van der Waals surface area contributed by atoms with Gasteiger partial charge in [-0.15, -0.1) is 0 Å². The average Bonchev–Trinajstić information content (AvgIpc) is 3.23. The molecule has 0 saturated carbocycles. The van der Waals surface area contributed by atoms with Gasteiger partial charge in [-0.3, -0.25) is 4.98 Å². The van der Waals surface area contributed by atoms with Gasteiger partial charge < -0.3 is 19.9 Å². The maximum atomic E-state index is 13.6. The number of esters is 1. The molecule has 8 nitrogen and oxygen atoms in total. The van der Waals surface area contributed by atoms with Gasteiger partial charge in [0, 0.05) is 31.1 Å². The molecule has 2 aromatic heterocycles. The summed E-state index contributed by atoms with van der Waals surface area (Å²) in [5.41, 5.74) is 2.69. The maximum absolute atomic E-state index is 13.6. The fourth-order valence-electron chi connectivity index (χ4n) is 3.47. The number of imidazole rings is 1. The third-order valence-electron chi connectivity index (χ3n) is 4.84. The summed E-state index contributed by atoms with van der Waals surface area (Å²) in [6.07, 6.45) is 5.52. The number of halogens is 1. The van der Waals surface area contributed by atoms with Gasteiger partial charge in [-0.2, -0.15) is 0 Å². The van der Waals surface area contributed by atoms with Crippen LogP contribution in [-0.4, -0.2) is 45.5 Å². The highest BCUT2D eigenvalue weighted by molar-refractivity contribution is 6.01. The lowest BCUT2D eigenvalue weighted by molar-refractivity contribution is 0.0601. The number of nitrogens with one attached hydrogen (secondary N) is 2. The van der Waals surface area contributed by atoms with Crippen molar-refractivity contribution in [2.75, 3.05) is 19.0 Å². The molecule has 3 aromatic rings. The number of aromatic amines is 1. The first-order valence-corrected chi connectivity index (χ1v) is 8.96. The highest BCUT2D eigenvalue weighted by Gasteiger charge is 2.34. The minimum Gasteiger partial charge on any atom is -0.465 e. The molecule has 0 saturated heterocycles. The van der Waals surface area contributed by atoms with Gasteiger partial charge in [0.05, 0.1) is 30.4 Å². The molecule has 0 bridgehead atoms. The van der Waals surface area contributed by atoms with Crippen molar-refractivity contribution in [2.45, 2.75) is 12.5 Å². The smallest absolute Gasteiger partial charge is 0.340 e. The summed E-state index contributed by atoms with van der Waals surface area (Å²) in [5.74, 6) is -1.34. The Bertz CT molecular complexity index is 1050. The first-order chi connectivity index (χ1) is 14.1. The zero-order valence-corrected chi connectivity index (χ0v) is 15.6. The summed E-state index contributed by atoms with van der Waals surface area (Å²) in [4.78, 5) is 38.3. The van der Waals surface area contributed by atoms with Gasteiger partial charge >= 0.3 is 12.0 Å². The molecule has 9 heteroatoms. The van der Waals surface area contributed by atoms with Gasteiger partial charge in [0.25, 0.3) is 0 Å². The highest BCUT2D eigenvalue weighted by Crippen LogP contribution is 2.33. The van der Waals surface area contributed by atoms with Crippen molar-refractivity contribution in [1.29, 1.82) is 0 Å². The van der Waals surface area contributed by atoms with Crippen LogP contribution in [0.25, 0.3) is 0 Å². The predicted octanol–water partition coefficient (Wildman–Crippen LogP) is 2.91. The van der Waals surface area contributed by atoms with E-state index < -0.39 is 23.9 Å². The van der Waals surface area contributed by atoms with E-state index in [1.165, 1.54) is 19.2 Å². The number of anilines is 1. The molecule has 148 valence electrons. The van der Waals surface area contributed by atoms with E-state index in [9.17, 15) is 14.0 Å². The fraction of sp³-hybridized carbons (Fsp3) is 0.200. The summed E-state index contributed by atoms with van der Waals surface area (Å²) in [6, 6.07) is 6.34. The molecular formula is C20H18FN5O3. The van der Waals surface area contributed by atoms with Crippen molar-refractivity contribution in [3.05, 3.63) is 77.4 Å². The van der Waals surface area contributed by atoms with Crippen molar-refractivity contribution >= 4 is 17.7 Å². The molecule has 29 heavy (non-hydrogen) atoms. The van der Waals surface area contributed by atoms with E-state index in [0.717, 1.165) is 23.0 Å². The number of pyridine rings is 1. The number of rotatable bonds is 3. The van der Waals surface area contributed by atoms with Crippen LogP contribution in [0.5, 0.6) is 0 Å². The number of methoxy groups -OCH3 is 1. The van der Waals surface area contributed by atoms with E-state index >= 15 is 0 Å². The Morgan fingerprint density at radius 1 is 1.28 bits per heavy atom. The van der Waals surface area contributed by atoms with Gasteiger partial charge in [-0.1, -0.05) is 0 Å². The van der Waals surface area contributed by atoms with Crippen LogP contribution in [0.1, 0.15) is 33.4 Å². The Morgan fingerprint density at radius 3 is 2.83 bits per heavy atom. The monoisotopic (exact) mass is 395 g/mol. The van der Waals surface area contributed by atoms with E-state index in [-0.39, 0.29) is 11.3 Å². The van der Waals surface area contributed by atoms with Gasteiger partial charge in [-0.25, -0.2) is 19.0 Å². The van der Waals surface area contributed by atoms with E-state index in [1.807, 2.05) is 12.1 Å². The normalized spacial score (nSPS) is 15.5. The van der Waals surface area contributed by atoms with Crippen LogP contribution in [0.15, 0.2) is 49.1 Å². The third-order valence-corrected chi connectivity index (χ3v) is 4.84. The van der Waals surface area contributed by atoms with Gasteiger partial charge in [0.2, 0.25) is 0 Å². The molecular weight excluding hydrogens is 377 g/mol. The van der Waals surface area contributed by atoms with Crippen LogP contribution in [0.4, 0.5) is 14.9 Å². The number of carbonyl (C=O) groups excluding carboxylic acids is 2. The van der Waals surface area contributed by atoms with Crippen LogP contribution >= 0.6 is 0 Å². The lowest BCUT2D eigenvalue weighted by atomic mass is 9.97. The van der Waals surface area contributed by atoms with Crippen LogP contribution in [-0.2, 0) is 11.2 Å². The molecule has 2 N–H and O–H groups in total. The first kappa shape index (κ1) is 18.6. The summed E-state index contributed by atoms with van der Waals surface area (Å²) in [7, 11) is 1.20. The van der Waals surface area contributed by atoms with Crippen LogP contribution in [0.3, 0.4) is 0 Å². The largest absolute Gasteiger partial charge is 0.465 e. The number of urea groups is 1. The number of H-pyrrole nitrogens is 1. The molecule has 2 amide bonds. The molecule has 3 heterocycles. The molecule has 0 unspecified atom stereocenters. The van der Waals surface area contributed by atoms with E-state index in [4.69, 9.17) is 4.74 Å². The Kier molecular flexibility index (Phi) is 4.94. The number of carbonyl (C=O) groups is 2. The summed E-state index contributed by atoms with van der Waals surface area (Å²) in [6.45, 7) is 0.433. The third kappa shape index (κ3) is 3.54. The number of benzene rings is 1. The summed E-state index contributed by atoms with van der Waals surface area (Å²) in [5, 5.41) is 2.71. The molecule has 1 aliphatic rings. The minimum absolute atomic E-state index is 0.0567. The summed E-state index contributed by atoms with van der Waals surface area (Å²) >= 11 is 0. The number of hydrogen-bond acceptors (Lipinski definition) is 5. The molecule has 1 aromatic carbocycles. The second kappa shape index (κ2) is 7.70. The zero-order valence-electron chi connectivity index (χ0n) is 15.6. The van der Waals surface area contributed by atoms with Crippen molar-refractivity contribution < 1.29 is 18.7 Å². The van der Waals surface area contributed by atoms with E-state index in [1.54, 1.807) is 23.6 Å². The van der Waals surface area contributed by atoms with Crippen LogP contribution in [0.2, 0.25) is 0 Å². The number of fused-ring (bicyclic) bond motifs is 1. The SMILES string of the molecule is COC(=O)c1cc(F)ccc1NC(=O)N1CCc2[nH]cnc2[C@@H]1c1ccncc1. The standard InChI is InChI=1S/C20H18FN5O3/c1-29-19(27)14-10-13(21)2-3-15(14)25-20(28)26-9-6-16-17(24-11-23-16)18(26)12-4-7-22-8-5-12/h2-5,7-8,10-11,18H,6,9H2,1H3,(H,23,24)(H,25,28)/t18-/m0/s1. The molecule has 1 aliphatic heterocycles. The predicted molar refractivity (Wildman–Crippen MR) is 102 cm³/mol. The first-order valence-electron chi connectivity index (χ1n) is 8.96. The maximum Gasteiger partial charge on any atom is 0.340 e. The molecule has 0 spiro atoms. The number of hydrogen-bond donors (Lipinski definition) is 2. The number of amides is 2. The lowest BCUT2D eigenvalue weighted by Gasteiger charge is -2.35. The average molecular weight is 395 g/mol. The molecule has 0 aliphatic carbocycles. The highest BCUT2D eigenvalue weighted by atomic mass is 19.1. The Morgan fingerprint density at radius 2 is 2.07 bits per heavy atom. The van der Waals surface area contributed by atoms with Gasteiger partial charge in [0.15, 0.2) is 0 Å². The molecule has 0 fully saturated rings. The molecule has 0 radical (unpaired) electrons. The van der Waals surface area contributed by atoms with Gasteiger partial charge in [0.1, 0.15) is 11.9 Å². The Hall–Kier alpha value is -3.75. The van der Waals surface area contributed by atoms with Crippen molar-refractivity contribution in [1.82, 2.24) is 19.9 Å². The van der Waals surface area contributed by atoms with Gasteiger partial charge in [-0.05, 0) is 35.9 Å². The van der Waals surface area contributed by atoms with Crippen molar-refractivity contribution in [3.63, 3.8) is 0 Å². The molecule has 4 rings (SSSR count). The number of ether oxygens (including phenoxy) is 1. The Labute approximate surface area is 165 Å². The lowest BCUT2D eigenvalue weighted by Crippen LogP contribution is -2.43. The zero-order chi connectivity index (χ0) is 20.4. The Balaban J connectivity index is 1.67. The van der Waals surface area contributed by atoms with Crippen molar-refractivity contribution in [2.24, 2.45) is 0 Å². The topological polar surface area (TPSA) is 100 Å². The van der Waals surface area contributed by atoms with Crippen molar-refractivity contribution in [3.8, 4) is 0 Å². The second-order valence-corrected chi connectivity index (χ2v) is 6.50. The minimum atomic E-state index is -0.737. The number of nitrogens with zero attached hydrogens (tertiary/aromatic N) is 3. The van der Waals surface area contributed by atoms with E-state index in [2.05, 4.69) is 20.3 Å². The molecule has 1 atom stereocenters. The fourth-order valence-corrected chi connectivity index (χ4v) is 3.47. The van der Waals surface area contributed by atoms with Crippen LogP contribution in [0, 0.1) is 5.82 Å².